The van der Waals surface area contributed by atoms with Crippen molar-refractivity contribution in [2.75, 3.05) is 32.9 Å². The van der Waals surface area contributed by atoms with Crippen molar-refractivity contribution in [1.29, 1.82) is 0 Å². The first-order chi connectivity index (χ1) is 6.72. The van der Waals surface area contributed by atoms with E-state index in [0.717, 1.165) is 0 Å². The summed E-state index contributed by atoms with van der Waals surface area (Å²) < 4.78 is 5.15. The fourth-order valence-electron chi connectivity index (χ4n) is 2.22. The van der Waals surface area contributed by atoms with E-state index in [1.807, 2.05) is 4.90 Å². The quantitative estimate of drug-likeness (QED) is 0.485. The van der Waals surface area contributed by atoms with Gasteiger partial charge in [0.1, 0.15) is 0 Å². The van der Waals surface area contributed by atoms with Crippen LogP contribution in [0.2, 0.25) is 0 Å². The van der Waals surface area contributed by atoms with E-state index < -0.39 is 12.2 Å². The van der Waals surface area contributed by atoms with Crippen LogP contribution in [0.1, 0.15) is 0 Å². The van der Waals surface area contributed by atoms with Gasteiger partial charge in [-0.1, -0.05) is 0 Å². The Balaban J connectivity index is 1.94. The minimum absolute atomic E-state index is 0.00133. The Morgan fingerprint density at radius 3 is 2.43 bits per heavy atom. The molecule has 3 N–H and O–H groups in total. The topological polar surface area (TPSA) is 73.2 Å². The number of aliphatic hydroxyl groups is 3. The second kappa shape index (κ2) is 4.12. The number of likely N-dealkylation sites (tertiary alicyclic amines) is 1. The van der Waals surface area contributed by atoms with Crippen molar-refractivity contribution in [2.45, 2.75) is 18.2 Å². The fourth-order valence-corrected chi connectivity index (χ4v) is 2.22. The molecule has 0 aromatic heterocycles. The highest BCUT2D eigenvalue weighted by Crippen LogP contribution is 2.22. The van der Waals surface area contributed by atoms with Crippen LogP contribution < -0.4 is 0 Å². The van der Waals surface area contributed by atoms with E-state index in [9.17, 15) is 10.2 Å². The van der Waals surface area contributed by atoms with E-state index in [-0.39, 0.29) is 18.6 Å². The Bertz CT molecular complexity index is 201. The van der Waals surface area contributed by atoms with E-state index in [4.69, 9.17) is 9.84 Å². The number of hydrogen-bond donors (Lipinski definition) is 3. The Kier molecular flexibility index (Phi) is 3.04. The monoisotopic (exact) mass is 203 g/mol. The van der Waals surface area contributed by atoms with Crippen LogP contribution >= 0.6 is 0 Å². The highest BCUT2D eigenvalue weighted by Gasteiger charge is 2.39. The molecular weight excluding hydrogens is 186 g/mol. The summed E-state index contributed by atoms with van der Waals surface area (Å²) >= 11 is 0. The molecule has 2 heterocycles. The first-order valence-electron chi connectivity index (χ1n) is 5.01. The minimum Gasteiger partial charge on any atom is -0.396 e. The lowest BCUT2D eigenvalue weighted by Crippen LogP contribution is -2.42. The summed E-state index contributed by atoms with van der Waals surface area (Å²) in [6.07, 6.45) is -0.938. The van der Waals surface area contributed by atoms with Gasteiger partial charge in [-0.2, -0.15) is 0 Å². The predicted molar refractivity (Wildman–Crippen MR) is 48.8 cm³/mol. The molecule has 2 aliphatic rings. The Morgan fingerprint density at radius 2 is 1.93 bits per heavy atom. The molecule has 5 heteroatoms. The van der Waals surface area contributed by atoms with Gasteiger partial charge in [0.15, 0.2) is 0 Å². The van der Waals surface area contributed by atoms with E-state index in [2.05, 4.69) is 0 Å². The highest BCUT2D eigenvalue weighted by molar-refractivity contribution is 4.92. The summed E-state index contributed by atoms with van der Waals surface area (Å²) in [6.45, 7) is 2.06. The minimum atomic E-state index is -0.479. The zero-order chi connectivity index (χ0) is 10.1. The van der Waals surface area contributed by atoms with Gasteiger partial charge in [0, 0.05) is 25.6 Å². The third kappa shape index (κ3) is 1.78. The van der Waals surface area contributed by atoms with Crippen LogP contribution in [0, 0.1) is 5.92 Å². The van der Waals surface area contributed by atoms with Crippen molar-refractivity contribution in [2.24, 2.45) is 5.92 Å². The summed E-state index contributed by atoms with van der Waals surface area (Å²) in [5, 5.41) is 28.1. The van der Waals surface area contributed by atoms with Crippen LogP contribution in [-0.4, -0.2) is 71.4 Å². The van der Waals surface area contributed by atoms with Gasteiger partial charge in [-0.3, -0.25) is 4.90 Å². The van der Waals surface area contributed by atoms with Crippen LogP contribution in [0.5, 0.6) is 0 Å². The lowest BCUT2D eigenvalue weighted by atomic mass is 10.1. The zero-order valence-corrected chi connectivity index (χ0v) is 8.04. The second-order valence-electron chi connectivity index (χ2n) is 4.14. The molecule has 0 radical (unpaired) electrons. The first kappa shape index (κ1) is 10.3. The smallest absolute Gasteiger partial charge is 0.0950 e. The van der Waals surface area contributed by atoms with Crippen molar-refractivity contribution in [3.63, 3.8) is 0 Å². The second-order valence-corrected chi connectivity index (χ2v) is 4.14. The van der Waals surface area contributed by atoms with Gasteiger partial charge >= 0.3 is 0 Å². The van der Waals surface area contributed by atoms with Gasteiger partial charge in [0.05, 0.1) is 31.5 Å². The average molecular weight is 203 g/mol. The summed E-state index contributed by atoms with van der Waals surface area (Å²) in [6, 6.07) is -0.0128. The normalized spacial score (nSPS) is 44.8. The maximum atomic E-state index is 9.58. The average Bonchev–Trinajstić information content (AvgIpc) is 2.71. The Morgan fingerprint density at radius 1 is 1.14 bits per heavy atom. The number of ether oxygens (including phenoxy) is 1. The van der Waals surface area contributed by atoms with Crippen LogP contribution in [0.3, 0.4) is 0 Å². The maximum absolute atomic E-state index is 9.58. The molecule has 2 fully saturated rings. The molecule has 5 nitrogen and oxygen atoms in total. The standard InChI is InChI=1S/C9H17NO4/c11-3-6-1-10(2-8(6)12)7-4-14-5-9(7)13/h6-9,11-13H,1-5H2. The number of β-amino-alcohol motifs (C(OH)–C–C–N with tert-alkyl or cyclic N) is 1. The van der Waals surface area contributed by atoms with Crippen molar-refractivity contribution >= 4 is 0 Å². The lowest BCUT2D eigenvalue weighted by molar-refractivity contribution is 0.0843. The van der Waals surface area contributed by atoms with Crippen LogP contribution in [0.15, 0.2) is 0 Å². The van der Waals surface area contributed by atoms with Gasteiger partial charge < -0.3 is 20.1 Å². The number of hydrogen-bond acceptors (Lipinski definition) is 5. The van der Waals surface area contributed by atoms with Gasteiger partial charge in [0.25, 0.3) is 0 Å². The number of aliphatic hydroxyl groups excluding tert-OH is 3. The van der Waals surface area contributed by atoms with Crippen molar-refractivity contribution in [1.82, 2.24) is 4.90 Å². The predicted octanol–water partition coefficient (Wildman–Crippen LogP) is -1.97. The van der Waals surface area contributed by atoms with E-state index in [1.54, 1.807) is 0 Å². The number of nitrogens with zero attached hydrogens (tertiary/aromatic N) is 1. The van der Waals surface area contributed by atoms with Crippen molar-refractivity contribution in [3.8, 4) is 0 Å². The third-order valence-electron chi connectivity index (χ3n) is 3.16. The number of rotatable bonds is 2. The Labute approximate surface area is 82.9 Å². The van der Waals surface area contributed by atoms with Gasteiger partial charge in [0.2, 0.25) is 0 Å². The summed E-state index contributed by atoms with van der Waals surface area (Å²) in [5.41, 5.74) is 0. The zero-order valence-electron chi connectivity index (χ0n) is 8.04. The molecule has 0 spiro atoms. The van der Waals surface area contributed by atoms with Crippen LogP contribution in [0.25, 0.3) is 0 Å². The molecule has 82 valence electrons. The van der Waals surface area contributed by atoms with Crippen molar-refractivity contribution < 1.29 is 20.1 Å². The molecule has 0 amide bonds. The molecule has 4 atom stereocenters. The third-order valence-corrected chi connectivity index (χ3v) is 3.16. The molecule has 0 aliphatic carbocycles. The summed E-state index contributed by atoms with van der Waals surface area (Å²) in [7, 11) is 0. The first-order valence-corrected chi connectivity index (χ1v) is 5.01. The molecule has 0 saturated carbocycles. The highest BCUT2D eigenvalue weighted by atomic mass is 16.5. The summed E-state index contributed by atoms with van der Waals surface area (Å²) in [5.74, 6) is -0.0807. The Hall–Kier alpha value is -0.200. The van der Waals surface area contributed by atoms with Crippen LogP contribution in [0.4, 0.5) is 0 Å². The molecule has 14 heavy (non-hydrogen) atoms. The molecule has 0 aromatic rings. The molecule has 2 saturated heterocycles. The van der Waals surface area contributed by atoms with Gasteiger partial charge in [-0.15, -0.1) is 0 Å². The van der Waals surface area contributed by atoms with Crippen LogP contribution in [-0.2, 0) is 4.74 Å². The molecule has 0 aromatic carbocycles. The van der Waals surface area contributed by atoms with E-state index in [0.29, 0.717) is 26.3 Å². The van der Waals surface area contributed by atoms with Gasteiger partial charge in [-0.25, -0.2) is 0 Å². The fraction of sp³-hybridized carbons (Fsp3) is 1.00. The molecule has 4 unspecified atom stereocenters. The van der Waals surface area contributed by atoms with Crippen molar-refractivity contribution in [3.05, 3.63) is 0 Å². The molecular formula is C9H17NO4. The summed E-state index contributed by atoms with van der Waals surface area (Å²) in [4.78, 5) is 2.00. The molecule has 2 aliphatic heterocycles. The molecule has 0 bridgehead atoms. The SMILES string of the molecule is OCC1CN(C2COCC2O)CC1O. The lowest BCUT2D eigenvalue weighted by Gasteiger charge is -2.24. The molecule has 2 rings (SSSR count). The largest absolute Gasteiger partial charge is 0.396 e. The van der Waals surface area contributed by atoms with E-state index >= 15 is 0 Å². The maximum Gasteiger partial charge on any atom is 0.0950 e. The van der Waals surface area contributed by atoms with Gasteiger partial charge in [-0.05, 0) is 0 Å². The van der Waals surface area contributed by atoms with E-state index in [1.165, 1.54) is 0 Å².